The molecule has 0 aliphatic carbocycles. The van der Waals surface area contributed by atoms with Crippen molar-refractivity contribution in [1.82, 2.24) is 10.3 Å². The van der Waals surface area contributed by atoms with E-state index in [-0.39, 0.29) is 0 Å². The molecule has 2 N–H and O–H groups in total. The van der Waals surface area contributed by atoms with Crippen LogP contribution in [-0.2, 0) is 5.60 Å². The fraction of sp³-hybridized carbons (Fsp3) is 0.545. The third-order valence-corrected chi connectivity index (χ3v) is 2.22. The molecule has 4 nitrogen and oxygen atoms in total. The topological polar surface area (TPSA) is 54.4 Å². The van der Waals surface area contributed by atoms with Crippen LogP contribution in [0.1, 0.15) is 19.5 Å². The zero-order chi connectivity index (χ0) is 11.3. The van der Waals surface area contributed by atoms with Crippen molar-refractivity contribution >= 4 is 0 Å². The Bertz CT molecular complexity index is 313. The molecule has 4 heteroatoms. The maximum Gasteiger partial charge on any atom is 0.143 e. The average molecular weight is 210 g/mol. The van der Waals surface area contributed by atoms with E-state index in [9.17, 15) is 5.11 Å². The largest absolute Gasteiger partial charge is 0.495 e. The number of aliphatic hydroxyl groups is 1. The van der Waals surface area contributed by atoms with E-state index in [1.165, 1.54) is 0 Å². The van der Waals surface area contributed by atoms with Gasteiger partial charge in [0.25, 0.3) is 0 Å². The molecule has 1 unspecified atom stereocenters. The lowest BCUT2D eigenvalue weighted by Gasteiger charge is -2.24. The van der Waals surface area contributed by atoms with E-state index >= 15 is 0 Å². The van der Waals surface area contributed by atoms with Crippen molar-refractivity contribution in [3.63, 3.8) is 0 Å². The van der Waals surface area contributed by atoms with E-state index in [0.717, 1.165) is 6.54 Å². The summed E-state index contributed by atoms with van der Waals surface area (Å²) in [6.45, 7) is 4.98. The van der Waals surface area contributed by atoms with Gasteiger partial charge in [-0.2, -0.15) is 0 Å². The Kier molecular flexibility index (Phi) is 4.05. The maximum atomic E-state index is 10.2. The molecule has 1 atom stereocenters. The van der Waals surface area contributed by atoms with E-state index < -0.39 is 5.60 Å². The Morgan fingerprint density at radius 3 is 2.93 bits per heavy atom. The van der Waals surface area contributed by atoms with E-state index in [0.29, 0.717) is 18.0 Å². The molecule has 15 heavy (non-hydrogen) atoms. The van der Waals surface area contributed by atoms with E-state index in [2.05, 4.69) is 10.3 Å². The Morgan fingerprint density at radius 2 is 2.33 bits per heavy atom. The Balaban J connectivity index is 2.92. The molecule has 1 rings (SSSR count). The van der Waals surface area contributed by atoms with Gasteiger partial charge in [-0.05, 0) is 25.6 Å². The highest BCUT2D eigenvalue weighted by molar-refractivity contribution is 5.31. The zero-order valence-electron chi connectivity index (χ0n) is 9.45. The number of methoxy groups -OCH3 is 1. The maximum absolute atomic E-state index is 10.2. The molecule has 0 saturated carbocycles. The van der Waals surface area contributed by atoms with Gasteiger partial charge in [0, 0.05) is 12.7 Å². The fourth-order valence-corrected chi connectivity index (χ4v) is 1.41. The van der Waals surface area contributed by atoms with Crippen molar-refractivity contribution in [1.29, 1.82) is 0 Å². The standard InChI is InChI=1S/C11H18N2O2/c1-4-12-8-11(2,14)10-9(15-3)6-5-7-13-10/h5-7,12,14H,4,8H2,1-3H3. The van der Waals surface area contributed by atoms with Crippen LogP contribution in [0.5, 0.6) is 5.75 Å². The lowest BCUT2D eigenvalue weighted by Crippen LogP contribution is -2.36. The first-order valence-electron chi connectivity index (χ1n) is 5.04. The summed E-state index contributed by atoms with van der Waals surface area (Å²) in [5, 5.41) is 13.3. The van der Waals surface area contributed by atoms with Gasteiger partial charge in [-0.25, -0.2) is 0 Å². The third kappa shape index (κ3) is 2.91. The molecule has 0 saturated heterocycles. The van der Waals surface area contributed by atoms with Crippen LogP contribution in [0.25, 0.3) is 0 Å². The highest BCUT2D eigenvalue weighted by atomic mass is 16.5. The summed E-state index contributed by atoms with van der Waals surface area (Å²) in [6, 6.07) is 3.58. The smallest absolute Gasteiger partial charge is 0.143 e. The quantitative estimate of drug-likeness (QED) is 0.758. The number of pyridine rings is 1. The lowest BCUT2D eigenvalue weighted by atomic mass is 10.0. The molecular weight excluding hydrogens is 192 g/mol. The number of aromatic nitrogens is 1. The number of ether oxygens (including phenoxy) is 1. The predicted molar refractivity (Wildman–Crippen MR) is 58.9 cm³/mol. The monoisotopic (exact) mass is 210 g/mol. The van der Waals surface area contributed by atoms with Crippen molar-refractivity contribution in [3.8, 4) is 5.75 Å². The summed E-state index contributed by atoms with van der Waals surface area (Å²) in [5.74, 6) is 0.611. The van der Waals surface area contributed by atoms with Crippen LogP contribution in [0.3, 0.4) is 0 Å². The Labute approximate surface area is 90.3 Å². The fourth-order valence-electron chi connectivity index (χ4n) is 1.41. The van der Waals surface area contributed by atoms with Gasteiger partial charge in [-0.1, -0.05) is 6.92 Å². The molecule has 0 amide bonds. The first-order valence-corrected chi connectivity index (χ1v) is 5.04. The number of hydrogen-bond donors (Lipinski definition) is 2. The second-order valence-corrected chi connectivity index (χ2v) is 3.61. The van der Waals surface area contributed by atoms with Crippen LogP contribution >= 0.6 is 0 Å². The van der Waals surface area contributed by atoms with Gasteiger partial charge >= 0.3 is 0 Å². The predicted octanol–water partition coefficient (Wildman–Crippen LogP) is 0.907. The van der Waals surface area contributed by atoms with Crippen LogP contribution in [0.2, 0.25) is 0 Å². The molecule has 0 aliphatic rings. The summed E-state index contributed by atoms with van der Waals surface area (Å²) < 4.78 is 5.16. The van der Waals surface area contributed by atoms with E-state index in [1.807, 2.05) is 6.92 Å². The van der Waals surface area contributed by atoms with Gasteiger partial charge in [-0.15, -0.1) is 0 Å². The number of nitrogens with zero attached hydrogens (tertiary/aromatic N) is 1. The first kappa shape index (κ1) is 11.9. The number of hydrogen-bond acceptors (Lipinski definition) is 4. The molecule has 0 spiro atoms. The van der Waals surface area contributed by atoms with E-state index in [1.54, 1.807) is 32.4 Å². The molecule has 1 heterocycles. The molecule has 1 aromatic rings. The van der Waals surface area contributed by atoms with Crippen LogP contribution in [0.4, 0.5) is 0 Å². The van der Waals surface area contributed by atoms with Crippen molar-refractivity contribution in [2.45, 2.75) is 19.4 Å². The van der Waals surface area contributed by atoms with Gasteiger partial charge in [0.15, 0.2) is 0 Å². The zero-order valence-corrected chi connectivity index (χ0v) is 9.45. The van der Waals surface area contributed by atoms with Crippen molar-refractivity contribution < 1.29 is 9.84 Å². The van der Waals surface area contributed by atoms with Gasteiger partial charge in [0.1, 0.15) is 17.0 Å². The SMILES string of the molecule is CCNCC(C)(O)c1ncccc1OC. The minimum absolute atomic E-state index is 0.455. The molecule has 0 aromatic carbocycles. The second-order valence-electron chi connectivity index (χ2n) is 3.61. The molecule has 1 aromatic heterocycles. The summed E-state index contributed by atoms with van der Waals surface area (Å²) in [6.07, 6.45) is 1.65. The second kappa shape index (κ2) is 5.09. The molecular formula is C11H18N2O2. The summed E-state index contributed by atoms with van der Waals surface area (Å²) in [4.78, 5) is 4.16. The van der Waals surface area contributed by atoms with Crippen LogP contribution in [0, 0.1) is 0 Å². The summed E-state index contributed by atoms with van der Waals surface area (Å²) in [7, 11) is 1.57. The van der Waals surface area contributed by atoms with Crippen molar-refractivity contribution in [2.75, 3.05) is 20.2 Å². The highest BCUT2D eigenvalue weighted by Crippen LogP contribution is 2.26. The van der Waals surface area contributed by atoms with Gasteiger partial charge in [0.2, 0.25) is 0 Å². The number of nitrogens with one attached hydrogen (secondary N) is 1. The van der Waals surface area contributed by atoms with Crippen LogP contribution in [0.15, 0.2) is 18.3 Å². The minimum Gasteiger partial charge on any atom is -0.495 e. The van der Waals surface area contributed by atoms with Crippen LogP contribution in [-0.4, -0.2) is 30.3 Å². The Hall–Kier alpha value is -1.13. The minimum atomic E-state index is -1.01. The highest BCUT2D eigenvalue weighted by Gasteiger charge is 2.27. The Morgan fingerprint density at radius 1 is 1.60 bits per heavy atom. The molecule has 0 bridgehead atoms. The molecule has 84 valence electrons. The van der Waals surface area contributed by atoms with Crippen molar-refractivity contribution in [3.05, 3.63) is 24.0 Å². The summed E-state index contributed by atoms with van der Waals surface area (Å²) in [5.41, 5.74) is -0.448. The van der Waals surface area contributed by atoms with Gasteiger partial charge in [0.05, 0.1) is 7.11 Å². The lowest BCUT2D eigenvalue weighted by molar-refractivity contribution is 0.0503. The first-order chi connectivity index (χ1) is 7.11. The molecule has 0 fully saturated rings. The van der Waals surface area contributed by atoms with Gasteiger partial charge in [-0.3, -0.25) is 4.98 Å². The van der Waals surface area contributed by atoms with E-state index in [4.69, 9.17) is 4.74 Å². The number of rotatable bonds is 5. The normalized spacial score (nSPS) is 14.7. The number of likely N-dealkylation sites (N-methyl/N-ethyl adjacent to an activating group) is 1. The molecule has 0 aliphatic heterocycles. The summed E-state index contributed by atoms with van der Waals surface area (Å²) >= 11 is 0. The van der Waals surface area contributed by atoms with Crippen molar-refractivity contribution in [2.24, 2.45) is 0 Å². The van der Waals surface area contributed by atoms with Gasteiger partial charge < -0.3 is 15.2 Å². The average Bonchev–Trinajstić information content (AvgIpc) is 2.26. The molecule has 0 radical (unpaired) electrons. The third-order valence-electron chi connectivity index (χ3n) is 2.22. The van der Waals surface area contributed by atoms with Crippen LogP contribution < -0.4 is 10.1 Å².